The van der Waals surface area contributed by atoms with Crippen molar-refractivity contribution in [2.45, 2.75) is 26.8 Å². The molecule has 26 heavy (non-hydrogen) atoms. The fraction of sp³-hybridized carbons (Fsp3) is 0.200. The normalized spacial score (nSPS) is 11.2. The van der Waals surface area contributed by atoms with Crippen LogP contribution in [0.25, 0.3) is 16.6 Å². The van der Waals surface area contributed by atoms with Gasteiger partial charge in [0, 0.05) is 13.0 Å². The summed E-state index contributed by atoms with van der Waals surface area (Å²) in [4.78, 5) is 21.5. The molecule has 4 aromatic rings. The van der Waals surface area contributed by atoms with Crippen LogP contribution in [0.1, 0.15) is 17.2 Å². The van der Waals surface area contributed by atoms with Crippen molar-refractivity contribution in [3.8, 4) is 5.69 Å². The number of hydrogen-bond donors (Lipinski definition) is 0. The van der Waals surface area contributed by atoms with E-state index in [1.54, 1.807) is 17.0 Å². The van der Waals surface area contributed by atoms with Crippen LogP contribution in [0.2, 0.25) is 0 Å². The standard InChI is InChI=1S/C20H19N5O/c1-14-6-5-7-16(12-14)25-19(22-15(2)23-25)10-11-24-13-21-18-9-4-3-8-17(18)20(24)26/h3-9,12-13H,10-11H2,1-2H3. The van der Waals surface area contributed by atoms with Gasteiger partial charge in [-0.25, -0.2) is 14.6 Å². The number of nitrogens with zero attached hydrogens (tertiary/aromatic N) is 5. The highest BCUT2D eigenvalue weighted by Gasteiger charge is 2.11. The minimum absolute atomic E-state index is 0.0334. The average molecular weight is 345 g/mol. The third kappa shape index (κ3) is 3.01. The Morgan fingerprint density at radius 1 is 1.04 bits per heavy atom. The van der Waals surface area contributed by atoms with Crippen LogP contribution in [0.3, 0.4) is 0 Å². The van der Waals surface area contributed by atoms with Gasteiger partial charge in [-0.05, 0) is 43.7 Å². The quantitative estimate of drug-likeness (QED) is 0.570. The van der Waals surface area contributed by atoms with Gasteiger partial charge in [-0.15, -0.1) is 0 Å². The van der Waals surface area contributed by atoms with Crippen molar-refractivity contribution in [1.29, 1.82) is 0 Å². The monoisotopic (exact) mass is 345 g/mol. The van der Waals surface area contributed by atoms with Crippen LogP contribution in [0.5, 0.6) is 0 Å². The van der Waals surface area contributed by atoms with Gasteiger partial charge in [0.05, 0.1) is 22.9 Å². The fourth-order valence-corrected chi connectivity index (χ4v) is 3.07. The second-order valence-electron chi connectivity index (χ2n) is 6.34. The van der Waals surface area contributed by atoms with Crippen LogP contribution in [-0.4, -0.2) is 24.3 Å². The van der Waals surface area contributed by atoms with Crippen LogP contribution in [-0.2, 0) is 13.0 Å². The predicted octanol–water partition coefficient (Wildman–Crippen LogP) is 2.84. The van der Waals surface area contributed by atoms with Crippen LogP contribution < -0.4 is 5.56 Å². The Kier molecular flexibility index (Phi) is 4.08. The number of rotatable bonds is 4. The largest absolute Gasteiger partial charge is 0.298 e. The Morgan fingerprint density at radius 2 is 1.88 bits per heavy atom. The Hall–Kier alpha value is -3.28. The van der Waals surface area contributed by atoms with Crippen molar-refractivity contribution in [3.63, 3.8) is 0 Å². The van der Waals surface area contributed by atoms with Gasteiger partial charge in [-0.3, -0.25) is 9.36 Å². The van der Waals surface area contributed by atoms with Gasteiger partial charge in [-0.1, -0.05) is 24.3 Å². The molecule has 6 heteroatoms. The lowest BCUT2D eigenvalue weighted by Gasteiger charge is -2.08. The second-order valence-corrected chi connectivity index (χ2v) is 6.34. The first kappa shape index (κ1) is 16.2. The molecule has 0 aliphatic rings. The Bertz CT molecular complexity index is 1140. The molecule has 2 heterocycles. The lowest BCUT2D eigenvalue weighted by Crippen LogP contribution is -2.22. The summed E-state index contributed by atoms with van der Waals surface area (Å²) in [6, 6.07) is 15.5. The van der Waals surface area contributed by atoms with E-state index in [1.807, 2.05) is 54.9 Å². The smallest absolute Gasteiger partial charge is 0.261 e. The molecule has 0 saturated carbocycles. The molecule has 0 fully saturated rings. The van der Waals surface area contributed by atoms with E-state index in [1.165, 1.54) is 0 Å². The molecule has 0 bridgehead atoms. The summed E-state index contributed by atoms with van der Waals surface area (Å²) >= 11 is 0. The number of aromatic nitrogens is 5. The van der Waals surface area contributed by atoms with Crippen LogP contribution in [0, 0.1) is 13.8 Å². The van der Waals surface area contributed by atoms with E-state index in [0.717, 1.165) is 17.1 Å². The van der Waals surface area contributed by atoms with Gasteiger partial charge in [0.2, 0.25) is 0 Å². The molecular formula is C20H19N5O. The second kappa shape index (κ2) is 6.55. The molecule has 4 rings (SSSR count). The van der Waals surface area contributed by atoms with Gasteiger partial charge in [-0.2, -0.15) is 5.10 Å². The highest BCUT2D eigenvalue weighted by molar-refractivity contribution is 5.76. The summed E-state index contributed by atoms with van der Waals surface area (Å²) in [6.45, 7) is 4.42. The van der Waals surface area contributed by atoms with Crippen molar-refractivity contribution >= 4 is 10.9 Å². The molecule has 0 spiro atoms. The predicted molar refractivity (Wildman–Crippen MR) is 101 cm³/mol. The summed E-state index contributed by atoms with van der Waals surface area (Å²) in [5, 5.41) is 5.14. The van der Waals surface area contributed by atoms with E-state index in [2.05, 4.69) is 21.1 Å². The lowest BCUT2D eigenvalue weighted by molar-refractivity contribution is 0.629. The SMILES string of the molecule is Cc1cccc(-n2nc(C)nc2CCn2cnc3ccccc3c2=O)c1. The van der Waals surface area contributed by atoms with Gasteiger partial charge in [0.25, 0.3) is 5.56 Å². The molecule has 130 valence electrons. The molecule has 0 aliphatic heterocycles. The lowest BCUT2D eigenvalue weighted by atomic mass is 10.2. The first-order valence-electron chi connectivity index (χ1n) is 8.55. The molecule has 2 aromatic heterocycles. The van der Waals surface area contributed by atoms with Crippen molar-refractivity contribution in [2.75, 3.05) is 0 Å². The van der Waals surface area contributed by atoms with Crippen LogP contribution >= 0.6 is 0 Å². The molecule has 0 unspecified atom stereocenters. The van der Waals surface area contributed by atoms with Crippen LogP contribution in [0.4, 0.5) is 0 Å². The van der Waals surface area contributed by atoms with Crippen molar-refractivity contribution in [3.05, 3.63) is 82.4 Å². The number of aryl methyl sites for hydroxylation is 4. The molecule has 6 nitrogen and oxygen atoms in total. The van der Waals surface area contributed by atoms with E-state index >= 15 is 0 Å². The Labute approximate surface area is 150 Å². The van der Waals surface area contributed by atoms with Crippen molar-refractivity contribution in [1.82, 2.24) is 24.3 Å². The van der Waals surface area contributed by atoms with E-state index < -0.39 is 0 Å². The zero-order chi connectivity index (χ0) is 18.1. The van der Waals surface area contributed by atoms with Crippen molar-refractivity contribution in [2.24, 2.45) is 0 Å². The first-order valence-corrected chi connectivity index (χ1v) is 8.55. The third-order valence-corrected chi connectivity index (χ3v) is 4.33. The molecule has 0 saturated heterocycles. The zero-order valence-electron chi connectivity index (χ0n) is 14.8. The molecule has 0 aliphatic carbocycles. The minimum atomic E-state index is -0.0334. The summed E-state index contributed by atoms with van der Waals surface area (Å²) in [5.41, 5.74) is 2.82. The maximum absolute atomic E-state index is 12.6. The van der Waals surface area contributed by atoms with Gasteiger partial charge in [0.1, 0.15) is 11.6 Å². The third-order valence-electron chi connectivity index (χ3n) is 4.33. The Balaban J connectivity index is 1.65. The maximum Gasteiger partial charge on any atom is 0.261 e. The number of benzene rings is 2. The summed E-state index contributed by atoms with van der Waals surface area (Å²) in [7, 11) is 0. The highest BCUT2D eigenvalue weighted by Crippen LogP contribution is 2.13. The number of para-hydroxylation sites is 1. The molecule has 0 radical (unpaired) electrons. The zero-order valence-corrected chi connectivity index (χ0v) is 14.8. The topological polar surface area (TPSA) is 65.6 Å². The van der Waals surface area contributed by atoms with E-state index in [4.69, 9.17) is 0 Å². The van der Waals surface area contributed by atoms with E-state index in [9.17, 15) is 4.79 Å². The summed E-state index contributed by atoms with van der Waals surface area (Å²) in [5.74, 6) is 1.54. The average Bonchev–Trinajstić information content (AvgIpc) is 3.02. The van der Waals surface area contributed by atoms with Gasteiger partial charge in [0.15, 0.2) is 0 Å². The fourth-order valence-electron chi connectivity index (χ4n) is 3.07. The Morgan fingerprint density at radius 3 is 2.73 bits per heavy atom. The van der Waals surface area contributed by atoms with Crippen molar-refractivity contribution < 1.29 is 0 Å². The number of hydrogen-bond acceptors (Lipinski definition) is 4. The van der Waals surface area contributed by atoms with Crippen LogP contribution in [0.15, 0.2) is 59.7 Å². The summed E-state index contributed by atoms with van der Waals surface area (Å²) < 4.78 is 3.48. The molecule has 0 amide bonds. The molecular weight excluding hydrogens is 326 g/mol. The van der Waals surface area contributed by atoms with E-state index in [-0.39, 0.29) is 5.56 Å². The van der Waals surface area contributed by atoms with E-state index in [0.29, 0.717) is 29.7 Å². The highest BCUT2D eigenvalue weighted by atomic mass is 16.1. The molecule has 0 atom stereocenters. The van der Waals surface area contributed by atoms with Gasteiger partial charge >= 0.3 is 0 Å². The molecule has 2 aromatic carbocycles. The summed E-state index contributed by atoms with van der Waals surface area (Å²) in [6.07, 6.45) is 2.19. The minimum Gasteiger partial charge on any atom is -0.298 e. The number of fused-ring (bicyclic) bond motifs is 1. The first-order chi connectivity index (χ1) is 12.6. The maximum atomic E-state index is 12.6. The molecule has 0 N–H and O–H groups in total. The van der Waals surface area contributed by atoms with Gasteiger partial charge < -0.3 is 0 Å².